The molecule has 0 saturated carbocycles. The first kappa shape index (κ1) is 17.6. The number of para-hydroxylation sites is 1. The van der Waals surface area contributed by atoms with Gasteiger partial charge in [-0.2, -0.15) is 0 Å². The topological polar surface area (TPSA) is 71.1 Å². The molecule has 0 spiro atoms. The summed E-state index contributed by atoms with van der Waals surface area (Å²) >= 11 is 0. The molecule has 1 aliphatic rings. The number of hydrogen-bond acceptors (Lipinski definition) is 5. The van der Waals surface area contributed by atoms with Crippen LogP contribution in [-0.2, 0) is 6.54 Å². The summed E-state index contributed by atoms with van der Waals surface area (Å²) < 4.78 is 7.32. The number of hydrogen-bond donors (Lipinski definition) is 0. The van der Waals surface area contributed by atoms with Crippen LogP contribution in [0.3, 0.4) is 0 Å². The summed E-state index contributed by atoms with van der Waals surface area (Å²) in [5.41, 5.74) is 1.94. The fourth-order valence-electron chi connectivity index (χ4n) is 3.78. The van der Waals surface area contributed by atoms with Crippen molar-refractivity contribution < 1.29 is 9.21 Å². The van der Waals surface area contributed by atoms with Gasteiger partial charge in [0.2, 0.25) is 0 Å². The van der Waals surface area contributed by atoms with E-state index in [1.54, 1.807) is 23.1 Å². The van der Waals surface area contributed by atoms with Crippen LogP contribution in [0.1, 0.15) is 16.1 Å². The second-order valence-corrected chi connectivity index (χ2v) is 7.25. The molecule has 0 atom stereocenters. The van der Waals surface area contributed by atoms with Crippen molar-refractivity contribution in [3.8, 4) is 0 Å². The molecule has 1 aromatic carbocycles. The van der Waals surface area contributed by atoms with E-state index in [9.17, 15) is 9.59 Å². The van der Waals surface area contributed by atoms with E-state index in [2.05, 4.69) is 9.88 Å². The maximum absolute atomic E-state index is 12.9. The molecule has 29 heavy (non-hydrogen) atoms. The number of benzene rings is 1. The molecule has 1 saturated heterocycles. The van der Waals surface area contributed by atoms with Crippen molar-refractivity contribution in [2.45, 2.75) is 6.54 Å². The average Bonchev–Trinajstić information content (AvgIpc) is 3.15. The highest BCUT2D eigenvalue weighted by atomic mass is 16.4. The van der Waals surface area contributed by atoms with Crippen molar-refractivity contribution in [2.75, 3.05) is 26.2 Å². The van der Waals surface area contributed by atoms with Crippen LogP contribution in [-0.4, -0.2) is 51.3 Å². The molecule has 1 amide bonds. The van der Waals surface area contributed by atoms with E-state index < -0.39 is 5.63 Å². The van der Waals surface area contributed by atoms with E-state index in [0.29, 0.717) is 18.7 Å². The van der Waals surface area contributed by atoms with Crippen molar-refractivity contribution in [1.82, 2.24) is 19.2 Å². The summed E-state index contributed by atoms with van der Waals surface area (Å²) in [7, 11) is 0. The predicted octanol–water partition coefficient (Wildman–Crippen LogP) is 2.40. The first-order chi connectivity index (χ1) is 14.2. The van der Waals surface area contributed by atoms with Gasteiger partial charge in [-0.1, -0.05) is 24.3 Å². The second-order valence-electron chi connectivity index (χ2n) is 7.25. The molecule has 146 valence electrons. The monoisotopic (exact) mass is 388 g/mol. The fraction of sp³-hybridized carbons (Fsp3) is 0.227. The summed E-state index contributed by atoms with van der Waals surface area (Å²) in [5, 5.41) is 0.751. The second kappa shape index (κ2) is 7.18. The van der Waals surface area contributed by atoms with Crippen molar-refractivity contribution in [3.63, 3.8) is 0 Å². The molecule has 3 aromatic heterocycles. The lowest BCUT2D eigenvalue weighted by atomic mass is 10.1. The third-order valence-electron chi connectivity index (χ3n) is 5.33. The highest BCUT2D eigenvalue weighted by Crippen LogP contribution is 2.15. The SMILES string of the molecule is O=C(c1cc2ccccc2oc1=O)N1CCN(Cc2cn3ccccc3n2)CC1. The maximum Gasteiger partial charge on any atom is 0.349 e. The number of imidazole rings is 1. The first-order valence-corrected chi connectivity index (χ1v) is 9.64. The van der Waals surface area contributed by atoms with Gasteiger partial charge in [0.1, 0.15) is 16.8 Å². The van der Waals surface area contributed by atoms with Crippen LogP contribution >= 0.6 is 0 Å². The predicted molar refractivity (Wildman–Crippen MR) is 109 cm³/mol. The van der Waals surface area contributed by atoms with Gasteiger partial charge in [0.05, 0.1) is 5.69 Å². The van der Waals surface area contributed by atoms with E-state index in [1.165, 1.54) is 0 Å². The van der Waals surface area contributed by atoms with Crippen molar-refractivity contribution in [1.29, 1.82) is 0 Å². The Morgan fingerprint density at radius 2 is 1.83 bits per heavy atom. The Morgan fingerprint density at radius 3 is 2.66 bits per heavy atom. The zero-order valence-electron chi connectivity index (χ0n) is 15.8. The van der Waals surface area contributed by atoms with Gasteiger partial charge in [-0.15, -0.1) is 0 Å². The summed E-state index contributed by atoms with van der Waals surface area (Å²) in [6.07, 6.45) is 4.02. The standard InChI is InChI=1S/C22H20N4O3/c27-21(18-13-16-5-1-2-6-19(16)29-22(18)28)25-11-9-24(10-12-25)14-17-15-26-8-4-3-7-20(26)23-17/h1-8,13,15H,9-12,14H2. The summed E-state index contributed by atoms with van der Waals surface area (Å²) in [5.74, 6) is -0.267. The smallest absolute Gasteiger partial charge is 0.349 e. The van der Waals surface area contributed by atoms with Crippen LogP contribution in [0, 0.1) is 0 Å². The number of carbonyl (C=O) groups is 1. The zero-order valence-corrected chi connectivity index (χ0v) is 15.8. The Hall–Kier alpha value is -3.45. The van der Waals surface area contributed by atoms with E-state index in [0.717, 1.165) is 36.4 Å². The van der Waals surface area contributed by atoms with E-state index in [4.69, 9.17) is 4.42 Å². The molecule has 4 aromatic rings. The largest absolute Gasteiger partial charge is 0.422 e. The van der Waals surface area contributed by atoms with Gasteiger partial charge < -0.3 is 13.7 Å². The van der Waals surface area contributed by atoms with Gasteiger partial charge in [0, 0.05) is 50.5 Å². The highest BCUT2D eigenvalue weighted by molar-refractivity contribution is 5.96. The molecule has 7 heteroatoms. The van der Waals surface area contributed by atoms with E-state index in [1.807, 2.05) is 47.1 Å². The number of rotatable bonds is 3. The molecular weight excluding hydrogens is 368 g/mol. The molecule has 1 fully saturated rings. The van der Waals surface area contributed by atoms with Gasteiger partial charge in [-0.05, 0) is 24.3 Å². The quantitative estimate of drug-likeness (QED) is 0.504. The number of fused-ring (bicyclic) bond motifs is 2. The average molecular weight is 388 g/mol. The van der Waals surface area contributed by atoms with Crippen LogP contribution in [0.2, 0.25) is 0 Å². The van der Waals surface area contributed by atoms with Crippen molar-refractivity contribution in [3.05, 3.63) is 82.6 Å². The lowest BCUT2D eigenvalue weighted by molar-refractivity contribution is 0.0623. The Labute approximate surface area is 166 Å². The molecule has 4 heterocycles. The fourth-order valence-corrected chi connectivity index (χ4v) is 3.78. The first-order valence-electron chi connectivity index (χ1n) is 9.64. The minimum absolute atomic E-state index is 0.0949. The summed E-state index contributed by atoms with van der Waals surface area (Å²) in [6, 6.07) is 14.8. The van der Waals surface area contributed by atoms with Crippen molar-refractivity contribution in [2.24, 2.45) is 0 Å². The van der Waals surface area contributed by atoms with Gasteiger partial charge in [-0.3, -0.25) is 9.69 Å². The Bertz CT molecular complexity index is 1220. The van der Waals surface area contributed by atoms with Crippen molar-refractivity contribution >= 4 is 22.5 Å². The zero-order chi connectivity index (χ0) is 19.8. The molecule has 0 aliphatic carbocycles. The Balaban J connectivity index is 1.27. The highest BCUT2D eigenvalue weighted by Gasteiger charge is 2.25. The van der Waals surface area contributed by atoms with E-state index in [-0.39, 0.29) is 11.5 Å². The molecule has 7 nitrogen and oxygen atoms in total. The van der Waals surface area contributed by atoms with Gasteiger partial charge in [0.15, 0.2) is 0 Å². The molecular formula is C22H20N4O3. The molecule has 0 radical (unpaired) electrons. The number of nitrogens with zero attached hydrogens (tertiary/aromatic N) is 4. The number of piperazine rings is 1. The molecule has 0 unspecified atom stereocenters. The molecule has 5 rings (SSSR count). The third-order valence-corrected chi connectivity index (χ3v) is 5.33. The van der Waals surface area contributed by atoms with E-state index >= 15 is 0 Å². The maximum atomic E-state index is 12.9. The normalized spacial score (nSPS) is 15.2. The minimum atomic E-state index is -0.583. The van der Waals surface area contributed by atoms with Gasteiger partial charge in [-0.25, -0.2) is 9.78 Å². The van der Waals surface area contributed by atoms with Crippen LogP contribution < -0.4 is 5.63 Å². The van der Waals surface area contributed by atoms with Crippen LogP contribution in [0.25, 0.3) is 16.6 Å². The lowest BCUT2D eigenvalue weighted by Gasteiger charge is -2.34. The Kier molecular flexibility index (Phi) is 4.37. The number of pyridine rings is 1. The molecule has 0 N–H and O–H groups in total. The summed E-state index contributed by atoms with van der Waals surface area (Å²) in [6.45, 7) is 3.34. The number of carbonyl (C=O) groups excluding carboxylic acids is 1. The minimum Gasteiger partial charge on any atom is -0.422 e. The van der Waals surface area contributed by atoms with Crippen LogP contribution in [0.15, 0.2) is 70.1 Å². The lowest BCUT2D eigenvalue weighted by Crippen LogP contribution is -2.49. The Morgan fingerprint density at radius 1 is 1.03 bits per heavy atom. The molecule has 1 aliphatic heterocycles. The van der Waals surface area contributed by atoms with Gasteiger partial charge >= 0.3 is 5.63 Å². The molecule has 0 bridgehead atoms. The van der Waals surface area contributed by atoms with Crippen LogP contribution in [0.5, 0.6) is 0 Å². The number of amides is 1. The van der Waals surface area contributed by atoms with Crippen LogP contribution in [0.4, 0.5) is 0 Å². The number of aromatic nitrogens is 2. The van der Waals surface area contributed by atoms with Gasteiger partial charge in [0.25, 0.3) is 5.91 Å². The summed E-state index contributed by atoms with van der Waals surface area (Å²) in [4.78, 5) is 33.8. The third kappa shape index (κ3) is 3.40.